The van der Waals surface area contributed by atoms with Crippen LogP contribution in [0.5, 0.6) is 0 Å². The molecule has 0 aromatic carbocycles. The van der Waals surface area contributed by atoms with Gasteiger partial charge in [0, 0.05) is 57.1 Å². The second-order valence-corrected chi connectivity index (χ2v) is 6.02. The number of hydrogen-bond donors (Lipinski definition) is 0. The molecule has 1 fully saturated rings. The third kappa shape index (κ3) is 3.33. The first-order chi connectivity index (χ1) is 11.4. The number of rotatable bonds is 3. The van der Waals surface area contributed by atoms with Gasteiger partial charge in [-0.15, -0.1) is 0 Å². The summed E-state index contributed by atoms with van der Waals surface area (Å²) >= 11 is 0. The molecule has 0 N–H and O–H groups in total. The monoisotopic (exact) mass is 311 g/mol. The summed E-state index contributed by atoms with van der Waals surface area (Å²) in [6.07, 6.45) is 4.82. The zero-order valence-corrected chi connectivity index (χ0v) is 13.2. The first kappa shape index (κ1) is 14.5. The third-order valence-corrected chi connectivity index (χ3v) is 4.41. The van der Waals surface area contributed by atoms with E-state index in [-0.39, 0.29) is 0 Å². The van der Waals surface area contributed by atoms with Gasteiger partial charge in [0.1, 0.15) is 0 Å². The number of pyridine rings is 1. The minimum absolute atomic E-state index is 0.762. The second-order valence-electron chi connectivity index (χ2n) is 6.02. The van der Waals surface area contributed by atoms with Crippen molar-refractivity contribution in [3.63, 3.8) is 0 Å². The Morgan fingerprint density at radius 2 is 2.00 bits per heavy atom. The van der Waals surface area contributed by atoms with Crippen molar-refractivity contribution in [1.82, 2.24) is 19.9 Å². The Bertz CT molecular complexity index is 657. The first-order valence-electron chi connectivity index (χ1n) is 8.18. The van der Waals surface area contributed by atoms with E-state index in [9.17, 15) is 0 Å². The van der Waals surface area contributed by atoms with E-state index in [0.717, 1.165) is 64.0 Å². The minimum Gasteiger partial charge on any atom is -0.378 e. The largest absolute Gasteiger partial charge is 0.378 e. The molecule has 0 aliphatic carbocycles. The van der Waals surface area contributed by atoms with Crippen LogP contribution in [-0.4, -0.2) is 52.7 Å². The summed E-state index contributed by atoms with van der Waals surface area (Å²) in [5, 5.41) is 0. The molecule has 2 aromatic rings. The van der Waals surface area contributed by atoms with Gasteiger partial charge in [0.2, 0.25) is 5.95 Å². The van der Waals surface area contributed by atoms with Gasteiger partial charge >= 0.3 is 0 Å². The number of morpholine rings is 1. The number of anilines is 1. The Balaban J connectivity index is 1.45. The van der Waals surface area contributed by atoms with Gasteiger partial charge in [-0.05, 0) is 12.1 Å². The summed E-state index contributed by atoms with van der Waals surface area (Å²) < 4.78 is 5.39. The molecule has 2 aliphatic rings. The second kappa shape index (κ2) is 6.60. The van der Waals surface area contributed by atoms with Crippen LogP contribution in [0.4, 0.5) is 5.95 Å². The van der Waals surface area contributed by atoms with Gasteiger partial charge in [0.25, 0.3) is 0 Å². The van der Waals surface area contributed by atoms with Crippen molar-refractivity contribution in [3.8, 4) is 0 Å². The van der Waals surface area contributed by atoms with Gasteiger partial charge < -0.3 is 9.64 Å². The van der Waals surface area contributed by atoms with E-state index in [1.807, 2.05) is 24.5 Å². The lowest BCUT2D eigenvalue weighted by Gasteiger charge is -2.30. The Kier molecular flexibility index (Phi) is 4.17. The van der Waals surface area contributed by atoms with E-state index in [2.05, 4.69) is 25.8 Å². The lowest BCUT2D eigenvalue weighted by atomic mass is 10.1. The molecule has 1 saturated heterocycles. The summed E-state index contributed by atoms with van der Waals surface area (Å²) in [5.41, 5.74) is 3.55. The topological polar surface area (TPSA) is 54.4 Å². The van der Waals surface area contributed by atoms with Crippen LogP contribution in [0.15, 0.2) is 30.6 Å². The van der Waals surface area contributed by atoms with Gasteiger partial charge in [-0.25, -0.2) is 9.97 Å². The molecule has 4 heterocycles. The summed E-state index contributed by atoms with van der Waals surface area (Å²) in [7, 11) is 0. The summed E-state index contributed by atoms with van der Waals surface area (Å²) in [6.45, 7) is 6.08. The molecular weight excluding hydrogens is 290 g/mol. The Morgan fingerprint density at radius 1 is 1.09 bits per heavy atom. The predicted octanol–water partition coefficient (Wildman–Crippen LogP) is 1.27. The molecule has 120 valence electrons. The van der Waals surface area contributed by atoms with E-state index in [1.54, 1.807) is 0 Å². The number of hydrogen-bond acceptors (Lipinski definition) is 6. The molecule has 0 radical (unpaired) electrons. The SMILES string of the molecule is c1ccc(CN2CCc3nc(N4CCOCC4)ncc3C2)nc1. The van der Waals surface area contributed by atoms with Crippen LogP contribution in [-0.2, 0) is 24.2 Å². The van der Waals surface area contributed by atoms with Gasteiger partial charge in [0.15, 0.2) is 0 Å². The van der Waals surface area contributed by atoms with Crippen LogP contribution < -0.4 is 4.90 Å². The summed E-state index contributed by atoms with van der Waals surface area (Å²) in [6, 6.07) is 6.07. The van der Waals surface area contributed by atoms with E-state index in [0.29, 0.717) is 0 Å². The highest BCUT2D eigenvalue weighted by atomic mass is 16.5. The first-order valence-corrected chi connectivity index (χ1v) is 8.18. The standard InChI is InChI=1S/C17H21N5O/c1-2-5-18-15(3-1)13-21-6-4-16-14(12-21)11-19-17(20-16)22-7-9-23-10-8-22/h1-3,5,11H,4,6-10,12-13H2. The van der Waals surface area contributed by atoms with Crippen molar-refractivity contribution >= 4 is 5.95 Å². The fourth-order valence-corrected chi connectivity index (χ4v) is 3.14. The van der Waals surface area contributed by atoms with E-state index < -0.39 is 0 Å². The van der Waals surface area contributed by atoms with Crippen LogP contribution in [0.1, 0.15) is 17.0 Å². The molecular formula is C17H21N5O. The zero-order valence-electron chi connectivity index (χ0n) is 13.2. The quantitative estimate of drug-likeness (QED) is 0.851. The zero-order chi connectivity index (χ0) is 15.5. The van der Waals surface area contributed by atoms with Crippen molar-refractivity contribution < 1.29 is 4.74 Å². The van der Waals surface area contributed by atoms with Crippen molar-refractivity contribution in [2.24, 2.45) is 0 Å². The van der Waals surface area contributed by atoms with Crippen LogP contribution in [0.2, 0.25) is 0 Å². The van der Waals surface area contributed by atoms with E-state index in [1.165, 1.54) is 11.3 Å². The normalized spacial score (nSPS) is 18.7. The number of nitrogens with zero attached hydrogens (tertiary/aromatic N) is 5. The molecule has 0 unspecified atom stereocenters. The molecule has 0 saturated carbocycles. The van der Waals surface area contributed by atoms with Crippen LogP contribution >= 0.6 is 0 Å². The molecule has 0 amide bonds. The highest BCUT2D eigenvalue weighted by molar-refractivity contribution is 5.34. The number of aromatic nitrogens is 3. The molecule has 23 heavy (non-hydrogen) atoms. The average Bonchev–Trinajstić information content (AvgIpc) is 2.63. The lowest BCUT2D eigenvalue weighted by molar-refractivity contribution is 0.122. The highest BCUT2D eigenvalue weighted by Crippen LogP contribution is 2.20. The number of ether oxygens (including phenoxy) is 1. The lowest BCUT2D eigenvalue weighted by Crippen LogP contribution is -2.38. The molecule has 0 atom stereocenters. The molecule has 0 bridgehead atoms. The van der Waals surface area contributed by atoms with Gasteiger partial charge in [-0.3, -0.25) is 9.88 Å². The molecule has 0 spiro atoms. The highest BCUT2D eigenvalue weighted by Gasteiger charge is 2.21. The van der Waals surface area contributed by atoms with Crippen LogP contribution in [0, 0.1) is 0 Å². The average molecular weight is 311 g/mol. The number of fused-ring (bicyclic) bond motifs is 1. The fourth-order valence-electron chi connectivity index (χ4n) is 3.14. The fraction of sp³-hybridized carbons (Fsp3) is 0.471. The summed E-state index contributed by atoms with van der Waals surface area (Å²) in [4.78, 5) is 18.4. The maximum absolute atomic E-state index is 5.39. The van der Waals surface area contributed by atoms with Gasteiger partial charge in [-0.1, -0.05) is 6.07 Å². The maximum atomic E-state index is 5.39. The Hall–Kier alpha value is -2.05. The van der Waals surface area contributed by atoms with Crippen molar-refractivity contribution in [1.29, 1.82) is 0 Å². The molecule has 6 nitrogen and oxygen atoms in total. The minimum atomic E-state index is 0.762. The smallest absolute Gasteiger partial charge is 0.225 e. The third-order valence-electron chi connectivity index (χ3n) is 4.41. The Morgan fingerprint density at radius 3 is 2.83 bits per heavy atom. The Labute approximate surface area is 136 Å². The van der Waals surface area contributed by atoms with E-state index in [4.69, 9.17) is 9.72 Å². The van der Waals surface area contributed by atoms with Gasteiger partial charge in [-0.2, -0.15) is 0 Å². The van der Waals surface area contributed by atoms with Crippen molar-refractivity contribution in [2.75, 3.05) is 37.7 Å². The van der Waals surface area contributed by atoms with Crippen LogP contribution in [0.3, 0.4) is 0 Å². The predicted molar refractivity (Wildman–Crippen MR) is 87.1 cm³/mol. The molecule has 6 heteroatoms. The molecule has 2 aromatic heterocycles. The molecule has 2 aliphatic heterocycles. The maximum Gasteiger partial charge on any atom is 0.225 e. The van der Waals surface area contributed by atoms with Crippen molar-refractivity contribution in [2.45, 2.75) is 19.5 Å². The van der Waals surface area contributed by atoms with Crippen molar-refractivity contribution in [3.05, 3.63) is 47.5 Å². The van der Waals surface area contributed by atoms with Gasteiger partial charge in [0.05, 0.1) is 24.6 Å². The summed E-state index contributed by atoms with van der Waals surface area (Å²) in [5.74, 6) is 0.852. The van der Waals surface area contributed by atoms with Crippen LogP contribution in [0.25, 0.3) is 0 Å². The van der Waals surface area contributed by atoms with E-state index >= 15 is 0 Å². The molecule has 4 rings (SSSR count).